The molecular weight excluding hydrogens is 465 g/mol. The average Bonchev–Trinajstić information content (AvgIpc) is 3.54. The Morgan fingerprint density at radius 3 is 2.74 bits per heavy atom. The number of aryl methyl sites for hydroxylation is 1. The average molecular weight is 494 g/mol. The highest BCUT2D eigenvalue weighted by Gasteiger charge is 2.26. The number of fused-ring (bicyclic) bond motifs is 1. The second-order valence-corrected chi connectivity index (χ2v) is 9.85. The van der Waals surface area contributed by atoms with Crippen molar-refractivity contribution in [3.63, 3.8) is 0 Å². The summed E-state index contributed by atoms with van der Waals surface area (Å²) in [6.07, 6.45) is 3.26. The van der Waals surface area contributed by atoms with Crippen molar-refractivity contribution in [2.75, 3.05) is 30.3 Å². The minimum Gasteiger partial charge on any atom is -0.468 e. The smallest absolute Gasteiger partial charge is 0.223 e. The number of anilines is 1. The summed E-state index contributed by atoms with van der Waals surface area (Å²) in [4.78, 5) is 19.6. The summed E-state index contributed by atoms with van der Waals surface area (Å²) in [5, 5.41) is 7.85. The summed E-state index contributed by atoms with van der Waals surface area (Å²) in [6.45, 7) is 4.18. The topological polar surface area (TPSA) is 75.7 Å². The van der Waals surface area contributed by atoms with Crippen LogP contribution < -0.4 is 10.2 Å². The quantitative estimate of drug-likeness (QED) is 0.359. The normalized spacial score (nSPS) is 14.5. The molecule has 0 aliphatic carbocycles. The molecule has 0 unspecified atom stereocenters. The summed E-state index contributed by atoms with van der Waals surface area (Å²) in [7, 11) is 0. The van der Waals surface area contributed by atoms with Crippen molar-refractivity contribution in [1.82, 2.24) is 19.9 Å². The first kappa shape index (κ1) is 23.4. The van der Waals surface area contributed by atoms with Crippen molar-refractivity contribution >= 4 is 29.1 Å². The fraction of sp³-hybridized carbons (Fsp3) is 0.346. The van der Waals surface area contributed by atoms with Gasteiger partial charge in [-0.05, 0) is 56.2 Å². The van der Waals surface area contributed by atoms with Crippen LogP contribution in [0.1, 0.15) is 24.3 Å². The molecule has 9 heteroatoms. The number of furan rings is 1. The van der Waals surface area contributed by atoms with Crippen LogP contribution in [0.4, 0.5) is 10.2 Å². The number of thioether (sulfide) groups is 1. The van der Waals surface area contributed by atoms with E-state index in [4.69, 9.17) is 9.52 Å². The van der Waals surface area contributed by atoms with Gasteiger partial charge in [-0.2, -0.15) is 21.4 Å². The highest BCUT2D eigenvalue weighted by atomic mass is 32.2. The zero-order valence-corrected chi connectivity index (χ0v) is 20.4. The highest BCUT2D eigenvalue weighted by molar-refractivity contribution is 7.98. The molecule has 0 atom stereocenters. The Morgan fingerprint density at radius 2 is 2.00 bits per heavy atom. The molecule has 1 aliphatic heterocycles. The second kappa shape index (κ2) is 10.5. The van der Waals surface area contributed by atoms with Crippen LogP contribution in [0.5, 0.6) is 0 Å². The van der Waals surface area contributed by atoms with Crippen LogP contribution in [0.2, 0.25) is 0 Å². The molecule has 0 radical (unpaired) electrons. The molecule has 1 N–H and O–H groups in total. The molecule has 5 rings (SSSR count). The summed E-state index contributed by atoms with van der Waals surface area (Å²) in [6, 6.07) is 14.1. The van der Waals surface area contributed by atoms with E-state index in [1.54, 1.807) is 30.2 Å². The number of benzene rings is 1. The molecule has 1 amide bonds. The van der Waals surface area contributed by atoms with Gasteiger partial charge in [-0.25, -0.2) is 9.37 Å². The van der Waals surface area contributed by atoms with Crippen LogP contribution in [0, 0.1) is 18.7 Å². The van der Waals surface area contributed by atoms with Crippen molar-refractivity contribution < 1.29 is 13.6 Å². The first-order valence-corrected chi connectivity index (χ1v) is 13.0. The van der Waals surface area contributed by atoms with Crippen LogP contribution in [-0.2, 0) is 10.5 Å². The second-order valence-electron chi connectivity index (χ2n) is 8.75. The van der Waals surface area contributed by atoms with Gasteiger partial charge in [-0.3, -0.25) is 4.79 Å². The lowest BCUT2D eigenvalue weighted by Crippen LogP contribution is -2.41. The summed E-state index contributed by atoms with van der Waals surface area (Å²) in [5.74, 6) is 3.48. The van der Waals surface area contributed by atoms with Gasteiger partial charge in [0.2, 0.25) is 5.91 Å². The zero-order valence-electron chi connectivity index (χ0n) is 19.6. The highest BCUT2D eigenvalue weighted by Crippen LogP contribution is 2.27. The van der Waals surface area contributed by atoms with Gasteiger partial charge in [0.1, 0.15) is 17.4 Å². The van der Waals surface area contributed by atoms with Crippen molar-refractivity contribution in [2.45, 2.75) is 25.5 Å². The number of rotatable bonds is 8. The number of hydrogen-bond acceptors (Lipinski definition) is 6. The van der Waals surface area contributed by atoms with Crippen LogP contribution in [0.3, 0.4) is 0 Å². The van der Waals surface area contributed by atoms with Gasteiger partial charge in [0.05, 0.1) is 17.7 Å². The van der Waals surface area contributed by atoms with Gasteiger partial charge < -0.3 is 14.6 Å². The predicted molar refractivity (Wildman–Crippen MR) is 136 cm³/mol. The van der Waals surface area contributed by atoms with Crippen LogP contribution in [0.15, 0.2) is 59.2 Å². The molecule has 1 aromatic carbocycles. The van der Waals surface area contributed by atoms with Crippen LogP contribution >= 0.6 is 11.8 Å². The van der Waals surface area contributed by atoms with E-state index < -0.39 is 0 Å². The molecule has 1 aliphatic rings. The maximum absolute atomic E-state index is 13.3. The van der Waals surface area contributed by atoms with Gasteiger partial charge >= 0.3 is 0 Å². The Bertz CT molecular complexity index is 1280. The minimum atomic E-state index is -0.272. The lowest BCUT2D eigenvalue weighted by atomic mass is 9.96. The van der Waals surface area contributed by atoms with E-state index in [1.165, 1.54) is 12.1 Å². The lowest BCUT2D eigenvalue weighted by Gasteiger charge is -2.33. The minimum absolute atomic E-state index is 0.0205. The van der Waals surface area contributed by atoms with Crippen LogP contribution in [-0.4, -0.2) is 45.9 Å². The van der Waals surface area contributed by atoms with Crippen molar-refractivity contribution in [1.29, 1.82) is 0 Å². The van der Waals surface area contributed by atoms with Gasteiger partial charge in [0, 0.05) is 54.7 Å². The Kier molecular flexibility index (Phi) is 7.03. The number of amides is 1. The summed E-state index contributed by atoms with van der Waals surface area (Å²) in [5.41, 5.74) is 3.26. The fourth-order valence-electron chi connectivity index (χ4n) is 4.40. The molecule has 1 saturated heterocycles. The molecule has 7 nitrogen and oxygen atoms in total. The SMILES string of the molecule is Cc1cc(N2CCC(C(=O)NCCSCc3ccco3)CC2)n2nc(-c3ccc(F)cc3)cc2n1. The fourth-order valence-corrected chi connectivity index (χ4v) is 5.15. The number of nitrogens with one attached hydrogen (secondary N) is 1. The third-order valence-electron chi connectivity index (χ3n) is 6.24. The Morgan fingerprint density at radius 1 is 1.20 bits per heavy atom. The molecular formula is C26H28FN5O2S. The van der Waals surface area contributed by atoms with E-state index in [9.17, 15) is 9.18 Å². The van der Waals surface area contributed by atoms with E-state index in [1.807, 2.05) is 35.7 Å². The van der Waals surface area contributed by atoms with Crippen molar-refractivity contribution in [3.8, 4) is 11.3 Å². The molecule has 0 bridgehead atoms. The third-order valence-corrected chi connectivity index (χ3v) is 7.22. The Hall–Kier alpha value is -3.33. The predicted octanol–water partition coefficient (Wildman–Crippen LogP) is 4.70. The first-order valence-electron chi connectivity index (χ1n) is 11.8. The van der Waals surface area contributed by atoms with Crippen molar-refractivity contribution in [3.05, 3.63) is 72.1 Å². The standard InChI is InChI=1S/C26H28FN5O2S/c1-18-15-25(32-24(29-18)16-23(30-32)19-4-6-21(27)7-5-19)31-11-8-20(9-12-31)26(33)28-10-14-35-17-22-3-2-13-34-22/h2-7,13,15-16,20H,8-12,14,17H2,1H3,(H,28,33). The molecule has 182 valence electrons. The van der Waals surface area contributed by atoms with Crippen molar-refractivity contribution in [2.24, 2.45) is 5.92 Å². The summed E-state index contributed by atoms with van der Waals surface area (Å²) >= 11 is 1.75. The van der Waals surface area contributed by atoms with E-state index in [0.29, 0.717) is 6.54 Å². The first-order chi connectivity index (χ1) is 17.1. The maximum Gasteiger partial charge on any atom is 0.223 e. The molecule has 3 aromatic heterocycles. The zero-order chi connectivity index (χ0) is 24.2. The summed E-state index contributed by atoms with van der Waals surface area (Å²) < 4.78 is 20.5. The number of carbonyl (C=O) groups is 1. The maximum atomic E-state index is 13.3. The van der Waals surface area contributed by atoms with Crippen LogP contribution in [0.25, 0.3) is 16.9 Å². The molecule has 1 fully saturated rings. The third kappa shape index (κ3) is 5.51. The van der Waals surface area contributed by atoms with Gasteiger partial charge in [-0.1, -0.05) is 0 Å². The van der Waals surface area contributed by atoms with E-state index in [2.05, 4.69) is 15.2 Å². The van der Waals surface area contributed by atoms with Gasteiger partial charge in [0.15, 0.2) is 5.65 Å². The molecule has 0 saturated carbocycles. The number of halogens is 1. The monoisotopic (exact) mass is 493 g/mol. The number of hydrogen-bond donors (Lipinski definition) is 1. The number of aromatic nitrogens is 3. The van der Waals surface area contributed by atoms with Gasteiger partial charge in [0.25, 0.3) is 0 Å². The molecule has 4 heterocycles. The van der Waals surface area contributed by atoms with Gasteiger partial charge in [-0.15, -0.1) is 0 Å². The number of carbonyl (C=O) groups excluding carboxylic acids is 1. The Balaban J connectivity index is 1.18. The van der Waals surface area contributed by atoms with E-state index >= 15 is 0 Å². The Labute approximate surface area is 207 Å². The lowest BCUT2D eigenvalue weighted by molar-refractivity contribution is -0.125. The number of nitrogens with zero attached hydrogens (tertiary/aromatic N) is 4. The molecule has 0 spiro atoms. The van der Waals surface area contributed by atoms with E-state index in [0.717, 1.165) is 71.6 Å². The molecule has 4 aromatic rings. The largest absolute Gasteiger partial charge is 0.468 e. The number of piperidine rings is 1. The molecule has 35 heavy (non-hydrogen) atoms. The van der Waals surface area contributed by atoms with E-state index in [-0.39, 0.29) is 17.6 Å².